The first-order valence-corrected chi connectivity index (χ1v) is 11.4. The number of nitrogens with one attached hydrogen (secondary N) is 2. The summed E-state index contributed by atoms with van der Waals surface area (Å²) in [4.78, 5) is 6.95. The van der Waals surface area contributed by atoms with Crippen molar-refractivity contribution < 1.29 is 4.52 Å². The number of hydrogen-bond acceptors (Lipinski definition) is 4. The van der Waals surface area contributed by atoms with E-state index in [-0.39, 0.29) is 0 Å². The number of hydrogen-bond donors (Lipinski definition) is 2. The molecule has 1 saturated heterocycles. The fourth-order valence-corrected chi connectivity index (χ4v) is 4.11. The Hall–Kier alpha value is -2.34. The van der Waals surface area contributed by atoms with E-state index in [9.17, 15) is 0 Å². The highest BCUT2D eigenvalue weighted by molar-refractivity contribution is 5.79. The lowest BCUT2D eigenvalue weighted by molar-refractivity contribution is 0.152. The van der Waals surface area contributed by atoms with Gasteiger partial charge in [0.25, 0.3) is 0 Å². The zero-order chi connectivity index (χ0) is 21.3. The Bertz CT molecular complexity index is 790. The van der Waals surface area contributed by atoms with Crippen LogP contribution < -0.4 is 10.6 Å². The summed E-state index contributed by atoms with van der Waals surface area (Å²) in [6.07, 6.45) is 5.73. The maximum Gasteiger partial charge on any atom is 0.191 e. The molecule has 30 heavy (non-hydrogen) atoms. The minimum atomic E-state index is 0.669. The van der Waals surface area contributed by atoms with Crippen LogP contribution in [0, 0.1) is 0 Å². The maximum absolute atomic E-state index is 5.45. The Morgan fingerprint density at radius 2 is 1.83 bits per heavy atom. The van der Waals surface area contributed by atoms with E-state index in [0.29, 0.717) is 12.6 Å². The maximum atomic E-state index is 5.45. The number of piperidine rings is 1. The standard InChI is InChI=1S/C24H37N5O/c1-5-22-21(23(6-2)30-28-22)16-27-24(25-4)26-15-19-10-12-20(13-11-19)17-29-14-8-7-9-18(29)3/h10-13,18H,5-9,14-17H2,1-4H3,(H2,25,26,27). The summed E-state index contributed by atoms with van der Waals surface area (Å²) < 4.78 is 5.45. The van der Waals surface area contributed by atoms with Crippen molar-refractivity contribution in [2.75, 3.05) is 13.6 Å². The highest BCUT2D eigenvalue weighted by Gasteiger charge is 2.18. The third-order valence-electron chi connectivity index (χ3n) is 6.07. The van der Waals surface area contributed by atoms with Crippen LogP contribution >= 0.6 is 0 Å². The van der Waals surface area contributed by atoms with Crippen LogP contribution in [0.15, 0.2) is 33.8 Å². The Labute approximate surface area is 181 Å². The Kier molecular flexibility index (Phi) is 8.31. The van der Waals surface area contributed by atoms with E-state index in [0.717, 1.165) is 48.9 Å². The molecule has 0 spiro atoms. The molecule has 2 N–H and O–H groups in total. The van der Waals surface area contributed by atoms with Crippen molar-refractivity contribution in [3.63, 3.8) is 0 Å². The number of benzene rings is 1. The molecule has 6 heteroatoms. The van der Waals surface area contributed by atoms with Crippen molar-refractivity contribution in [2.45, 2.75) is 78.6 Å². The molecule has 1 aromatic carbocycles. The van der Waals surface area contributed by atoms with Crippen LogP contribution in [0.3, 0.4) is 0 Å². The molecule has 0 saturated carbocycles. The van der Waals surface area contributed by atoms with E-state index in [2.05, 4.69) is 70.7 Å². The molecule has 3 rings (SSSR count). The van der Waals surface area contributed by atoms with Crippen LogP contribution in [0.5, 0.6) is 0 Å². The minimum absolute atomic E-state index is 0.669. The summed E-state index contributed by atoms with van der Waals surface area (Å²) in [5.74, 6) is 1.74. The number of aliphatic imine (C=N–C) groups is 1. The summed E-state index contributed by atoms with van der Waals surface area (Å²) in [6.45, 7) is 10.2. The lowest BCUT2D eigenvalue weighted by Crippen LogP contribution is -2.37. The lowest BCUT2D eigenvalue weighted by Gasteiger charge is -2.33. The largest absolute Gasteiger partial charge is 0.361 e. The van der Waals surface area contributed by atoms with Gasteiger partial charge in [0.1, 0.15) is 5.76 Å². The zero-order valence-corrected chi connectivity index (χ0v) is 19.0. The molecule has 1 aliphatic rings. The van der Waals surface area contributed by atoms with Gasteiger partial charge in [0.2, 0.25) is 0 Å². The molecule has 1 unspecified atom stereocenters. The third kappa shape index (κ3) is 5.85. The van der Waals surface area contributed by atoms with Gasteiger partial charge in [-0.15, -0.1) is 0 Å². The van der Waals surface area contributed by atoms with Gasteiger partial charge < -0.3 is 15.2 Å². The van der Waals surface area contributed by atoms with E-state index < -0.39 is 0 Å². The van der Waals surface area contributed by atoms with Crippen molar-refractivity contribution in [3.05, 3.63) is 52.4 Å². The fraction of sp³-hybridized carbons (Fsp3) is 0.583. The molecular weight excluding hydrogens is 374 g/mol. The van der Waals surface area contributed by atoms with E-state index in [1.54, 1.807) is 7.05 Å². The molecule has 1 aromatic heterocycles. The normalized spacial score (nSPS) is 17.9. The first kappa shape index (κ1) is 22.3. The van der Waals surface area contributed by atoms with Crippen LogP contribution in [0.25, 0.3) is 0 Å². The van der Waals surface area contributed by atoms with Crippen molar-refractivity contribution in [1.82, 2.24) is 20.7 Å². The topological polar surface area (TPSA) is 65.7 Å². The van der Waals surface area contributed by atoms with Gasteiger partial charge in [-0.3, -0.25) is 9.89 Å². The van der Waals surface area contributed by atoms with E-state index in [4.69, 9.17) is 4.52 Å². The van der Waals surface area contributed by atoms with Crippen LogP contribution in [-0.2, 0) is 32.5 Å². The number of guanidine groups is 1. The highest BCUT2D eigenvalue weighted by atomic mass is 16.5. The molecular formula is C24H37N5O. The molecule has 164 valence electrons. The third-order valence-corrected chi connectivity index (χ3v) is 6.07. The fourth-order valence-electron chi connectivity index (χ4n) is 4.11. The molecule has 1 atom stereocenters. The molecule has 2 heterocycles. The van der Waals surface area contributed by atoms with Gasteiger partial charge in [-0.05, 0) is 43.9 Å². The monoisotopic (exact) mass is 411 g/mol. The minimum Gasteiger partial charge on any atom is -0.361 e. The molecule has 0 amide bonds. The SMILES string of the molecule is CCc1noc(CC)c1CNC(=NC)NCc1ccc(CN2CCCCC2C)cc1. The molecule has 1 aliphatic heterocycles. The van der Waals surface area contributed by atoms with Gasteiger partial charge in [0.05, 0.1) is 5.69 Å². The lowest BCUT2D eigenvalue weighted by atomic mass is 10.0. The molecule has 0 radical (unpaired) electrons. The summed E-state index contributed by atoms with van der Waals surface area (Å²) in [6, 6.07) is 9.64. The molecule has 6 nitrogen and oxygen atoms in total. The average Bonchev–Trinajstić information content (AvgIpc) is 3.18. The van der Waals surface area contributed by atoms with Gasteiger partial charge in [0.15, 0.2) is 5.96 Å². The van der Waals surface area contributed by atoms with Crippen molar-refractivity contribution in [1.29, 1.82) is 0 Å². The average molecular weight is 412 g/mol. The van der Waals surface area contributed by atoms with E-state index in [1.807, 2.05) is 0 Å². The van der Waals surface area contributed by atoms with Crippen LogP contribution in [0.1, 0.15) is 68.2 Å². The molecule has 0 bridgehead atoms. The second-order valence-electron chi connectivity index (χ2n) is 8.15. The van der Waals surface area contributed by atoms with E-state index in [1.165, 1.54) is 36.9 Å². The smallest absolute Gasteiger partial charge is 0.191 e. The predicted octanol–water partition coefficient (Wildman–Crippen LogP) is 4.04. The number of nitrogens with zero attached hydrogens (tertiary/aromatic N) is 3. The number of rotatable bonds is 8. The summed E-state index contributed by atoms with van der Waals surface area (Å²) in [7, 11) is 1.80. The van der Waals surface area contributed by atoms with Crippen LogP contribution in [0.2, 0.25) is 0 Å². The van der Waals surface area contributed by atoms with Gasteiger partial charge in [-0.1, -0.05) is 49.7 Å². The summed E-state index contributed by atoms with van der Waals surface area (Å²) in [5, 5.41) is 11.0. The van der Waals surface area contributed by atoms with Crippen molar-refractivity contribution in [3.8, 4) is 0 Å². The Balaban J connectivity index is 1.49. The molecule has 0 aliphatic carbocycles. The molecule has 1 fully saturated rings. The van der Waals surface area contributed by atoms with Gasteiger partial charge >= 0.3 is 0 Å². The summed E-state index contributed by atoms with van der Waals surface area (Å²) >= 11 is 0. The Morgan fingerprint density at radius 1 is 1.10 bits per heavy atom. The van der Waals surface area contributed by atoms with Crippen LogP contribution in [-0.4, -0.2) is 35.7 Å². The number of likely N-dealkylation sites (tertiary alicyclic amines) is 1. The van der Waals surface area contributed by atoms with Crippen LogP contribution in [0.4, 0.5) is 0 Å². The van der Waals surface area contributed by atoms with Gasteiger partial charge in [0, 0.05) is 44.7 Å². The van der Waals surface area contributed by atoms with Crippen molar-refractivity contribution >= 4 is 5.96 Å². The first-order valence-electron chi connectivity index (χ1n) is 11.4. The second-order valence-corrected chi connectivity index (χ2v) is 8.15. The number of aromatic nitrogens is 1. The number of aryl methyl sites for hydroxylation is 2. The second kappa shape index (κ2) is 11.2. The highest BCUT2D eigenvalue weighted by Crippen LogP contribution is 2.19. The van der Waals surface area contributed by atoms with Crippen molar-refractivity contribution in [2.24, 2.45) is 4.99 Å². The first-order chi connectivity index (χ1) is 14.6. The summed E-state index contributed by atoms with van der Waals surface area (Å²) in [5.41, 5.74) is 4.82. The van der Waals surface area contributed by atoms with Gasteiger partial charge in [-0.25, -0.2) is 0 Å². The predicted molar refractivity (Wildman–Crippen MR) is 122 cm³/mol. The van der Waals surface area contributed by atoms with E-state index >= 15 is 0 Å². The quantitative estimate of drug-likeness (QED) is 0.507. The molecule has 2 aromatic rings. The Morgan fingerprint density at radius 3 is 2.50 bits per heavy atom. The van der Waals surface area contributed by atoms with Gasteiger partial charge in [-0.2, -0.15) is 0 Å². The zero-order valence-electron chi connectivity index (χ0n) is 19.0.